The molecule has 5 rings (SSSR count). The van der Waals surface area contributed by atoms with E-state index < -0.39 is 0 Å². The number of ether oxygens (including phenoxy) is 2. The number of nitrogens with zero attached hydrogens (tertiary/aromatic N) is 3. The van der Waals surface area contributed by atoms with Crippen LogP contribution in [0.3, 0.4) is 0 Å². The van der Waals surface area contributed by atoms with Crippen LogP contribution in [0.1, 0.15) is 30.7 Å². The summed E-state index contributed by atoms with van der Waals surface area (Å²) >= 11 is 0. The molecule has 34 heavy (non-hydrogen) atoms. The Hall–Kier alpha value is -3.80. The van der Waals surface area contributed by atoms with E-state index in [0.29, 0.717) is 26.1 Å². The molecule has 0 unspecified atom stereocenters. The number of para-hydroxylation sites is 2. The summed E-state index contributed by atoms with van der Waals surface area (Å²) in [6.45, 7) is 3.92. The van der Waals surface area contributed by atoms with Crippen LogP contribution in [0.4, 0.5) is 5.69 Å². The molecular formula is C28H29N3O3. The van der Waals surface area contributed by atoms with E-state index in [1.165, 1.54) is 5.56 Å². The molecule has 0 radical (unpaired) electrons. The second-order valence-electron chi connectivity index (χ2n) is 8.56. The summed E-state index contributed by atoms with van der Waals surface area (Å²) in [7, 11) is 1.65. The normalized spacial score (nSPS) is 15.8. The van der Waals surface area contributed by atoms with Gasteiger partial charge in [0.2, 0.25) is 5.91 Å². The Labute approximate surface area is 199 Å². The molecule has 1 aromatic heterocycles. The van der Waals surface area contributed by atoms with Crippen LogP contribution in [0.25, 0.3) is 11.0 Å². The molecule has 0 N–H and O–H groups in total. The van der Waals surface area contributed by atoms with Crippen molar-refractivity contribution in [2.45, 2.75) is 32.2 Å². The molecule has 0 aliphatic carbocycles. The van der Waals surface area contributed by atoms with Gasteiger partial charge in [-0.05, 0) is 60.5 Å². The fraction of sp³-hybridized carbons (Fsp3) is 0.286. The maximum atomic E-state index is 12.9. The highest BCUT2D eigenvalue weighted by Crippen LogP contribution is 2.33. The van der Waals surface area contributed by atoms with Gasteiger partial charge in [0, 0.05) is 24.6 Å². The first-order valence-electron chi connectivity index (χ1n) is 11.8. The van der Waals surface area contributed by atoms with Crippen LogP contribution in [0.5, 0.6) is 11.5 Å². The lowest BCUT2D eigenvalue weighted by molar-refractivity contribution is -0.117. The third-order valence-corrected chi connectivity index (χ3v) is 6.47. The molecule has 0 spiro atoms. The van der Waals surface area contributed by atoms with Crippen molar-refractivity contribution in [3.8, 4) is 11.5 Å². The predicted octanol–water partition coefficient (Wildman–Crippen LogP) is 5.21. The van der Waals surface area contributed by atoms with Crippen LogP contribution < -0.4 is 14.4 Å². The van der Waals surface area contributed by atoms with Crippen molar-refractivity contribution in [1.82, 2.24) is 9.55 Å². The average Bonchev–Trinajstić information content (AvgIpc) is 3.45. The number of aromatic nitrogens is 2. The van der Waals surface area contributed by atoms with E-state index in [2.05, 4.69) is 29.7 Å². The Morgan fingerprint density at radius 3 is 2.44 bits per heavy atom. The lowest BCUT2D eigenvalue weighted by atomic mass is 10.1. The third kappa shape index (κ3) is 4.36. The molecule has 1 aliphatic rings. The smallest absolute Gasteiger partial charge is 0.227 e. The molecule has 1 atom stereocenters. The van der Waals surface area contributed by atoms with Gasteiger partial charge in [-0.1, -0.05) is 31.2 Å². The molecular weight excluding hydrogens is 426 g/mol. The Kier molecular flexibility index (Phi) is 6.21. The third-order valence-electron chi connectivity index (χ3n) is 6.47. The summed E-state index contributed by atoms with van der Waals surface area (Å²) in [6.07, 6.45) is 1.44. The number of amides is 1. The highest BCUT2D eigenvalue weighted by Gasteiger charge is 2.34. The van der Waals surface area contributed by atoms with Crippen LogP contribution in [0.2, 0.25) is 0 Å². The van der Waals surface area contributed by atoms with Crippen LogP contribution in [-0.2, 0) is 17.8 Å². The van der Waals surface area contributed by atoms with Gasteiger partial charge in [-0.25, -0.2) is 4.98 Å². The number of rotatable bonds is 8. The van der Waals surface area contributed by atoms with E-state index in [0.717, 1.165) is 40.5 Å². The number of imidazole rings is 1. The largest absolute Gasteiger partial charge is 0.497 e. The van der Waals surface area contributed by atoms with Crippen molar-refractivity contribution in [1.29, 1.82) is 0 Å². The van der Waals surface area contributed by atoms with Crippen LogP contribution in [0.15, 0.2) is 72.8 Å². The maximum absolute atomic E-state index is 12.9. The first-order valence-corrected chi connectivity index (χ1v) is 11.8. The summed E-state index contributed by atoms with van der Waals surface area (Å²) < 4.78 is 13.4. The van der Waals surface area contributed by atoms with Crippen molar-refractivity contribution in [3.63, 3.8) is 0 Å². The molecule has 1 aliphatic heterocycles. The van der Waals surface area contributed by atoms with Crippen LogP contribution >= 0.6 is 0 Å². The number of fused-ring (bicyclic) bond motifs is 1. The standard InChI is InChI=1S/C28H29N3O3/c1-3-20-8-10-22(11-9-20)31-19-21(18-27(31)32)28-29-25-6-4-5-7-26(25)30(28)16-17-34-24-14-12-23(33-2)13-15-24/h4-15,21H,3,16-19H2,1-2H3/t21-/m1/s1. The Bertz CT molecular complexity index is 1280. The van der Waals surface area contributed by atoms with Crippen molar-refractivity contribution < 1.29 is 14.3 Å². The zero-order chi connectivity index (χ0) is 23.5. The summed E-state index contributed by atoms with van der Waals surface area (Å²) in [5.41, 5.74) is 4.23. The van der Waals surface area contributed by atoms with Gasteiger partial charge in [0.25, 0.3) is 0 Å². The molecule has 0 saturated carbocycles. The lowest BCUT2D eigenvalue weighted by Gasteiger charge is -2.18. The number of hydrogen-bond donors (Lipinski definition) is 0. The monoisotopic (exact) mass is 455 g/mol. The number of hydrogen-bond acceptors (Lipinski definition) is 4. The molecule has 1 saturated heterocycles. The fourth-order valence-corrected chi connectivity index (χ4v) is 4.61. The van der Waals surface area contributed by atoms with Crippen molar-refractivity contribution in [2.75, 3.05) is 25.2 Å². The Balaban J connectivity index is 1.36. The van der Waals surface area contributed by atoms with Crippen molar-refractivity contribution in [3.05, 3.63) is 84.2 Å². The van der Waals surface area contributed by atoms with Gasteiger partial charge in [-0.2, -0.15) is 0 Å². The van der Waals surface area contributed by atoms with E-state index in [1.54, 1.807) is 7.11 Å². The van der Waals surface area contributed by atoms with Gasteiger partial charge in [0.15, 0.2) is 0 Å². The molecule has 0 bridgehead atoms. The van der Waals surface area contributed by atoms with E-state index >= 15 is 0 Å². The SMILES string of the molecule is CCc1ccc(N2C[C@H](c3nc4ccccc4n3CCOc3ccc(OC)cc3)CC2=O)cc1. The number of aryl methyl sites for hydroxylation is 1. The van der Waals surface area contributed by atoms with Gasteiger partial charge in [0.05, 0.1) is 24.7 Å². The van der Waals surface area contributed by atoms with Gasteiger partial charge < -0.3 is 18.9 Å². The molecule has 4 aromatic rings. The van der Waals surface area contributed by atoms with Gasteiger partial charge in [-0.3, -0.25) is 4.79 Å². The fourth-order valence-electron chi connectivity index (χ4n) is 4.61. The highest BCUT2D eigenvalue weighted by molar-refractivity contribution is 5.96. The molecule has 1 fully saturated rings. The Morgan fingerprint density at radius 2 is 1.71 bits per heavy atom. The quantitative estimate of drug-likeness (QED) is 0.366. The second-order valence-corrected chi connectivity index (χ2v) is 8.56. The number of methoxy groups -OCH3 is 1. The van der Waals surface area contributed by atoms with E-state index in [9.17, 15) is 4.79 Å². The highest BCUT2D eigenvalue weighted by atomic mass is 16.5. The zero-order valence-corrected chi connectivity index (χ0v) is 19.6. The molecule has 3 aromatic carbocycles. The first kappa shape index (κ1) is 22.0. The average molecular weight is 456 g/mol. The number of anilines is 1. The first-order chi connectivity index (χ1) is 16.7. The summed E-state index contributed by atoms with van der Waals surface area (Å²) in [4.78, 5) is 19.8. The minimum Gasteiger partial charge on any atom is -0.497 e. The predicted molar refractivity (Wildman–Crippen MR) is 134 cm³/mol. The van der Waals surface area contributed by atoms with Crippen molar-refractivity contribution >= 4 is 22.6 Å². The topological polar surface area (TPSA) is 56.6 Å². The zero-order valence-electron chi connectivity index (χ0n) is 19.6. The number of carbonyl (C=O) groups excluding carboxylic acids is 1. The summed E-state index contributed by atoms with van der Waals surface area (Å²) in [5.74, 6) is 2.72. The lowest BCUT2D eigenvalue weighted by Crippen LogP contribution is -2.24. The number of carbonyl (C=O) groups is 1. The van der Waals surface area contributed by atoms with Gasteiger partial charge >= 0.3 is 0 Å². The van der Waals surface area contributed by atoms with Crippen LogP contribution in [0, 0.1) is 0 Å². The van der Waals surface area contributed by atoms with E-state index in [1.807, 2.05) is 59.5 Å². The number of benzene rings is 3. The molecule has 6 nitrogen and oxygen atoms in total. The van der Waals surface area contributed by atoms with Gasteiger partial charge in [-0.15, -0.1) is 0 Å². The Morgan fingerprint density at radius 1 is 0.971 bits per heavy atom. The summed E-state index contributed by atoms with van der Waals surface area (Å²) in [6, 6.07) is 24.0. The minimum atomic E-state index is 0.0340. The van der Waals surface area contributed by atoms with Crippen molar-refractivity contribution in [2.24, 2.45) is 0 Å². The maximum Gasteiger partial charge on any atom is 0.227 e. The molecule has 2 heterocycles. The van der Waals surface area contributed by atoms with E-state index in [-0.39, 0.29) is 11.8 Å². The molecule has 6 heteroatoms. The minimum absolute atomic E-state index is 0.0340. The molecule has 1 amide bonds. The molecule has 174 valence electrons. The van der Waals surface area contributed by atoms with E-state index in [4.69, 9.17) is 14.5 Å². The second kappa shape index (κ2) is 9.59. The van der Waals surface area contributed by atoms with Gasteiger partial charge in [0.1, 0.15) is 23.9 Å². The van der Waals surface area contributed by atoms with Crippen LogP contribution in [-0.4, -0.2) is 35.7 Å². The summed E-state index contributed by atoms with van der Waals surface area (Å²) in [5, 5.41) is 0.